The summed E-state index contributed by atoms with van der Waals surface area (Å²) in [4.78, 5) is 25.3. The van der Waals surface area contributed by atoms with Gasteiger partial charge in [0.25, 0.3) is 0 Å². The van der Waals surface area contributed by atoms with Crippen LogP contribution in [0.5, 0.6) is 0 Å². The molecule has 1 aromatic heterocycles. The third-order valence-electron chi connectivity index (χ3n) is 10.5. The highest BCUT2D eigenvalue weighted by Crippen LogP contribution is 2.40. The van der Waals surface area contributed by atoms with E-state index in [1.165, 1.54) is 30.5 Å². The SMILES string of the molecule is C=CCN(c1cccnc1)C1CCN(C[C@H]2CN([C@@H]3CCCCC3CC(=O)OCc3ccccc3)C[C@@H]2c2ccccc2)CC1. The summed E-state index contributed by atoms with van der Waals surface area (Å²) < 4.78 is 5.75. The van der Waals surface area contributed by atoms with Gasteiger partial charge in [0.15, 0.2) is 0 Å². The Bertz CT molecular complexity index is 1330. The number of anilines is 1. The molecule has 1 unspecified atom stereocenters. The fourth-order valence-electron chi connectivity index (χ4n) is 8.23. The summed E-state index contributed by atoms with van der Waals surface area (Å²) in [6.45, 7) is 10.8. The number of benzene rings is 2. The van der Waals surface area contributed by atoms with E-state index < -0.39 is 0 Å². The van der Waals surface area contributed by atoms with E-state index >= 15 is 0 Å². The predicted molar refractivity (Wildman–Crippen MR) is 182 cm³/mol. The van der Waals surface area contributed by atoms with E-state index in [9.17, 15) is 4.79 Å². The number of hydrogen-bond donors (Lipinski definition) is 0. The molecule has 0 amide bonds. The number of piperidine rings is 1. The summed E-state index contributed by atoms with van der Waals surface area (Å²) in [6, 6.07) is 26.4. The summed E-state index contributed by atoms with van der Waals surface area (Å²) in [5, 5.41) is 0. The second-order valence-electron chi connectivity index (χ2n) is 13.4. The Morgan fingerprint density at radius 1 is 0.911 bits per heavy atom. The average Bonchev–Trinajstić information content (AvgIpc) is 3.51. The minimum atomic E-state index is -0.0502. The molecule has 0 N–H and O–H groups in total. The third-order valence-corrected chi connectivity index (χ3v) is 10.5. The summed E-state index contributed by atoms with van der Waals surface area (Å²) in [5.41, 5.74) is 3.70. The first kappa shape index (κ1) is 31.5. The predicted octanol–water partition coefficient (Wildman–Crippen LogP) is 6.95. The lowest BCUT2D eigenvalue weighted by Gasteiger charge is -2.40. The standard InChI is InChI=1S/C39H50N4O2/c1-2-22-43(36-17-11-21-40-26-36)35-19-23-41(24-20-35)27-34-28-42(29-37(34)32-14-7-4-8-15-32)38-18-10-9-16-33(38)25-39(44)45-30-31-12-5-3-6-13-31/h2-8,11-15,17,21,26,33-35,37-38H,1,9-10,16,18-20,22-25,27-30H2/t33?,34-,37+,38+/m0/s1. The topological polar surface area (TPSA) is 48.9 Å². The van der Waals surface area contributed by atoms with E-state index in [-0.39, 0.29) is 5.97 Å². The van der Waals surface area contributed by atoms with Crippen molar-refractivity contribution >= 4 is 11.7 Å². The lowest BCUT2D eigenvalue weighted by atomic mass is 9.81. The minimum Gasteiger partial charge on any atom is -0.461 e. The second-order valence-corrected chi connectivity index (χ2v) is 13.4. The quantitative estimate of drug-likeness (QED) is 0.164. The molecule has 1 saturated carbocycles. The Morgan fingerprint density at radius 2 is 1.67 bits per heavy atom. The molecule has 1 aliphatic carbocycles. The van der Waals surface area contributed by atoms with Crippen LogP contribution in [0.25, 0.3) is 0 Å². The van der Waals surface area contributed by atoms with Crippen LogP contribution in [0, 0.1) is 11.8 Å². The largest absolute Gasteiger partial charge is 0.461 e. The Hall–Kier alpha value is -3.48. The molecule has 3 aliphatic rings. The van der Waals surface area contributed by atoms with Gasteiger partial charge in [-0.25, -0.2) is 0 Å². The maximum absolute atomic E-state index is 13.0. The number of carbonyl (C=O) groups is 1. The molecule has 6 heteroatoms. The number of nitrogens with zero attached hydrogens (tertiary/aromatic N) is 4. The zero-order valence-corrected chi connectivity index (χ0v) is 26.8. The molecule has 3 aromatic rings. The molecule has 2 saturated heterocycles. The van der Waals surface area contributed by atoms with Crippen LogP contribution in [-0.2, 0) is 16.1 Å². The Balaban J connectivity index is 1.09. The van der Waals surface area contributed by atoms with Crippen molar-refractivity contribution < 1.29 is 9.53 Å². The molecule has 2 aromatic carbocycles. The summed E-state index contributed by atoms with van der Waals surface area (Å²) in [7, 11) is 0. The van der Waals surface area contributed by atoms with Crippen LogP contribution in [0.4, 0.5) is 5.69 Å². The van der Waals surface area contributed by atoms with Crippen LogP contribution in [-0.4, -0.2) is 72.1 Å². The number of ether oxygens (including phenoxy) is 1. The van der Waals surface area contributed by atoms with E-state index in [2.05, 4.69) is 62.7 Å². The summed E-state index contributed by atoms with van der Waals surface area (Å²) in [5.74, 6) is 1.42. The highest BCUT2D eigenvalue weighted by molar-refractivity contribution is 5.69. The number of aromatic nitrogens is 1. The summed E-state index contributed by atoms with van der Waals surface area (Å²) in [6.07, 6.45) is 13.5. The molecule has 4 atom stereocenters. The fourth-order valence-corrected chi connectivity index (χ4v) is 8.23. The van der Waals surface area contributed by atoms with Crippen molar-refractivity contribution in [1.82, 2.24) is 14.8 Å². The molecule has 3 heterocycles. The van der Waals surface area contributed by atoms with Crippen molar-refractivity contribution in [3.8, 4) is 0 Å². The van der Waals surface area contributed by atoms with Crippen molar-refractivity contribution in [3.63, 3.8) is 0 Å². The van der Waals surface area contributed by atoms with Gasteiger partial charge in [0, 0.05) is 69.9 Å². The zero-order valence-electron chi connectivity index (χ0n) is 26.8. The van der Waals surface area contributed by atoms with Crippen LogP contribution in [0.3, 0.4) is 0 Å². The second kappa shape index (κ2) is 15.7. The Morgan fingerprint density at radius 3 is 2.40 bits per heavy atom. The maximum Gasteiger partial charge on any atom is 0.306 e. The lowest BCUT2D eigenvalue weighted by molar-refractivity contribution is -0.147. The molecule has 3 fully saturated rings. The van der Waals surface area contributed by atoms with Crippen LogP contribution in [0.15, 0.2) is 97.8 Å². The number of esters is 1. The normalized spacial score (nSPS) is 24.7. The zero-order chi connectivity index (χ0) is 30.8. The summed E-state index contributed by atoms with van der Waals surface area (Å²) >= 11 is 0. The first-order chi connectivity index (χ1) is 22.2. The van der Waals surface area contributed by atoms with Gasteiger partial charge in [0.2, 0.25) is 0 Å². The maximum atomic E-state index is 13.0. The van der Waals surface area contributed by atoms with E-state index in [1.54, 1.807) is 0 Å². The van der Waals surface area contributed by atoms with Gasteiger partial charge < -0.3 is 14.5 Å². The fraction of sp³-hybridized carbons (Fsp3) is 0.487. The van der Waals surface area contributed by atoms with Crippen molar-refractivity contribution in [2.75, 3.05) is 44.2 Å². The molecule has 45 heavy (non-hydrogen) atoms. The monoisotopic (exact) mass is 606 g/mol. The molecule has 238 valence electrons. The van der Waals surface area contributed by atoms with Crippen molar-refractivity contribution in [2.24, 2.45) is 11.8 Å². The average molecular weight is 607 g/mol. The van der Waals surface area contributed by atoms with Crippen molar-refractivity contribution in [1.29, 1.82) is 0 Å². The Labute approximate surface area is 270 Å². The van der Waals surface area contributed by atoms with Gasteiger partial charge in [-0.15, -0.1) is 6.58 Å². The molecule has 0 spiro atoms. The highest BCUT2D eigenvalue weighted by atomic mass is 16.5. The first-order valence-electron chi connectivity index (χ1n) is 17.2. The van der Waals surface area contributed by atoms with Gasteiger partial charge >= 0.3 is 5.97 Å². The smallest absolute Gasteiger partial charge is 0.306 e. The highest BCUT2D eigenvalue weighted by Gasteiger charge is 2.41. The van der Waals surface area contributed by atoms with Crippen molar-refractivity contribution in [3.05, 3.63) is 109 Å². The number of rotatable bonds is 12. The van der Waals surface area contributed by atoms with Crippen LogP contribution in [0.1, 0.15) is 62.0 Å². The molecule has 0 radical (unpaired) electrons. The van der Waals surface area contributed by atoms with Gasteiger partial charge in [0.1, 0.15) is 6.61 Å². The van der Waals surface area contributed by atoms with Crippen LogP contribution in [0.2, 0.25) is 0 Å². The van der Waals surface area contributed by atoms with E-state index in [4.69, 9.17) is 4.74 Å². The number of hydrogen-bond acceptors (Lipinski definition) is 6. The molecular formula is C39H50N4O2. The van der Waals surface area contributed by atoms with Gasteiger partial charge in [-0.1, -0.05) is 79.6 Å². The van der Waals surface area contributed by atoms with Gasteiger partial charge in [-0.2, -0.15) is 0 Å². The lowest BCUT2D eigenvalue weighted by Crippen LogP contribution is -2.47. The molecular weight excluding hydrogens is 556 g/mol. The van der Waals surface area contributed by atoms with Gasteiger partial charge in [-0.05, 0) is 60.8 Å². The van der Waals surface area contributed by atoms with E-state index in [1.807, 2.05) is 54.9 Å². The molecule has 6 rings (SSSR count). The third kappa shape index (κ3) is 8.22. The van der Waals surface area contributed by atoms with E-state index in [0.29, 0.717) is 42.9 Å². The van der Waals surface area contributed by atoms with Gasteiger partial charge in [-0.3, -0.25) is 14.7 Å². The first-order valence-corrected chi connectivity index (χ1v) is 17.2. The number of pyridine rings is 1. The minimum absolute atomic E-state index is 0.0502. The number of carbonyl (C=O) groups excluding carboxylic acids is 1. The van der Waals surface area contributed by atoms with Crippen LogP contribution >= 0.6 is 0 Å². The number of likely N-dealkylation sites (tertiary alicyclic amines) is 2. The molecule has 0 bridgehead atoms. The van der Waals surface area contributed by atoms with Crippen molar-refractivity contribution in [2.45, 2.75) is 69.6 Å². The molecule has 2 aliphatic heterocycles. The van der Waals surface area contributed by atoms with Crippen LogP contribution < -0.4 is 4.90 Å². The molecule has 6 nitrogen and oxygen atoms in total. The van der Waals surface area contributed by atoms with Gasteiger partial charge in [0.05, 0.1) is 11.9 Å². The van der Waals surface area contributed by atoms with E-state index in [0.717, 1.165) is 64.1 Å². The Kier molecular flexibility index (Phi) is 11.0.